The van der Waals surface area contributed by atoms with E-state index in [4.69, 9.17) is 4.74 Å². The molecule has 0 amide bonds. The molecule has 0 radical (unpaired) electrons. The molecule has 0 aromatic heterocycles. The molecule has 2 fully saturated rings. The van der Waals surface area contributed by atoms with Gasteiger partial charge in [-0.15, -0.1) is 0 Å². The molecule has 0 unspecified atom stereocenters. The molecule has 2 aliphatic heterocycles. The first-order chi connectivity index (χ1) is 12.7. The highest BCUT2D eigenvalue weighted by atomic mass is 16.6. The smallest absolute Gasteiger partial charge is 0.343 e. The Labute approximate surface area is 156 Å². The maximum atomic E-state index is 11.1. The second-order valence-corrected chi connectivity index (χ2v) is 7.17. The number of anilines is 1. The SMILES string of the molecule is COC(=O)COc1ccc(N2CCN(CCC3CCNCC3)CC2)cc1. The Balaban J connectivity index is 1.39. The van der Waals surface area contributed by atoms with Crippen molar-refractivity contribution in [1.82, 2.24) is 10.2 Å². The number of benzene rings is 1. The van der Waals surface area contributed by atoms with Crippen LogP contribution in [-0.2, 0) is 9.53 Å². The van der Waals surface area contributed by atoms with Crippen LogP contribution in [0.1, 0.15) is 19.3 Å². The molecule has 0 aliphatic carbocycles. The second-order valence-electron chi connectivity index (χ2n) is 7.17. The van der Waals surface area contributed by atoms with Crippen LogP contribution < -0.4 is 15.0 Å². The van der Waals surface area contributed by atoms with Crippen LogP contribution in [0.3, 0.4) is 0 Å². The van der Waals surface area contributed by atoms with Crippen LogP contribution in [0.2, 0.25) is 0 Å². The van der Waals surface area contributed by atoms with E-state index in [1.54, 1.807) is 0 Å². The van der Waals surface area contributed by atoms with Gasteiger partial charge >= 0.3 is 5.97 Å². The molecule has 6 nitrogen and oxygen atoms in total. The normalized spacial score (nSPS) is 19.3. The molecule has 0 saturated carbocycles. The van der Waals surface area contributed by atoms with Gasteiger partial charge < -0.3 is 19.7 Å². The van der Waals surface area contributed by atoms with Crippen molar-refractivity contribution in [2.24, 2.45) is 5.92 Å². The van der Waals surface area contributed by atoms with Gasteiger partial charge in [0.25, 0.3) is 0 Å². The summed E-state index contributed by atoms with van der Waals surface area (Å²) in [7, 11) is 1.36. The number of hydrogen-bond acceptors (Lipinski definition) is 6. The number of nitrogens with one attached hydrogen (secondary N) is 1. The summed E-state index contributed by atoms with van der Waals surface area (Å²) in [6, 6.07) is 7.97. The molecule has 0 spiro atoms. The first-order valence-electron chi connectivity index (χ1n) is 9.72. The van der Waals surface area contributed by atoms with Gasteiger partial charge in [0.05, 0.1) is 7.11 Å². The van der Waals surface area contributed by atoms with E-state index in [2.05, 4.69) is 32.0 Å². The minimum absolute atomic E-state index is 0.0500. The summed E-state index contributed by atoms with van der Waals surface area (Å²) in [6.45, 7) is 7.96. The molecular weight excluding hydrogens is 330 g/mol. The molecule has 0 atom stereocenters. The van der Waals surface area contributed by atoms with Crippen LogP contribution in [-0.4, -0.2) is 70.4 Å². The predicted octanol–water partition coefficient (Wildman–Crippen LogP) is 1.75. The molecule has 2 heterocycles. The van der Waals surface area contributed by atoms with Crippen molar-refractivity contribution in [3.05, 3.63) is 24.3 Å². The van der Waals surface area contributed by atoms with E-state index < -0.39 is 0 Å². The third-order valence-corrected chi connectivity index (χ3v) is 5.47. The standard InChI is InChI=1S/C20H31N3O3/c1-25-20(24)16-26-19-4-2-18(3-5-19)23-14-12-22(13-15-23)11-8-17-6-9-21-10-7-17/h2-5,17,21H,6-16H2,1H3. The van der Waals surface area contributed by atoms with Crippen molar-refractivity contribution in [1.29, 1.82) is 0 Å². The van der Waals surface area contributed by atoms with E-state index in [1.165, 1.54) is 51.7 Å². The molecular formula is C20H31N3O3. The second kappa shape index (κ2) is 9.78. The third kappa shape index (κ3) is 5.61. The van der Waals surface area contributed by atoms with Crippen molar-refractivity contribution >= 4 is 11.7 Å². The van der Waals surface area contributed by atoms with Gasteiger partial charge in [-0.2, -0.15) is 0 Å². The van der Waals surface area contributed by atoms with Crippen LogP contribution in [0.5, 0.6) is 5.75 Å². The van der Waals surface area contributed by atoms with Gasteiger partial charge in [-0.1, -0.05) is 0 Å². The Kier molecular flexibility index (Phi) is 7.14. The van der Waals surface area contributed by atoms with Crippen LogP contribution >= 0.6 is 0 Å². The summed E-state index contributed by atoms with van der Waals surface area (Å²) < 4.78 is 9.98. The van der Waals surface area contributed by atoms with E-state index in [1.807, 2.05) is 12.1 Å². The molecule has 0 bridgehead atoms. The average molecular weight is 361 g/mol. The van der Waals surface area contributed by atoms with Crippen LogP contribution in [0, 0.1) is 5.92 Å². The molecule has 2 aliphatic rings. The maximum Gasteiger partial charge on any atom is 0.343 e. The van der Waals surface area contributed by atoms with Crippen molar-refractivity contribution in [3.8, 4) is 5.75 Å². The molecule has 6 heteroatoms. The third-order valence-electron chi connectivity index (χ3n) is 5.47. The highest BCUT2D eigenvalue weighted by molar-refractivity contribution is 5.70. The zero-order valence-electron chi connectivity index (χ0n) is 15.8. The zero-order valence-corrected chi connectivity index (χ0v) is 15.8. The first-order valence-corrected chi connectivity index (χ1v) is 9.72. The fourth-order valence-electron chi connectivity index (χ4n) is 3.72. The highest BCUT2D eigenvalue weighted by Crippen LogP contribution is 2.22. The molecule has 1 N–H and O–H groups in total. The van der Waals surface area contributed by atoms with Gasteiger partial charge in [-0.3, -0.25) is 4.90 Å². The number of rotatable bonds is 7. The Bertz CT molecular complexity index is 550. The minimum Gasteiger partial charge on any atom is -0.482 e. The number of nitrogens with zero attached hydrogens (tertiary/aromatic N) is 2. The summed E-state index contributed by atoms with van der Waals surface area (Å²) >= 11 is 0. The zero-order chi connectivity index (χ0) is 18.2. The number of piperidine rings is 1. The van der Waals surface area contributed by atoms with E-state index in [-0.39, 0.29) is 12.6 Å². The van der Waals surface area contributed by atoms with E-state index in [9.17, 15) is 4.79 Å². The van der Waals surface area contributed by atoms with Gasteiger partial charge in [0, 0.05) is 31.9 Å². The predicted molar refractivity (Wildman–Crippen MR) is 103 cm³/mol. The summed E-state index contributed by atoms with van der Waals surface area (Å²) in [5.41, 5.74) is 1.22. The van der Waals surface area contributed by atoms with Gasteiger partial charge in [0.2, 0.25) is 0 Å². The number of carbonyl (C=O) groups is 1. The Hall–Kier alpha value is -1.79. The molecule has 1 aromatic carbocycles. The van der Waals surface area contributed by atoms with Gasteiger partial charge in [-0.05, 0) is 69.1 Å². The molecule has 3 rings (SSSR count). The van der Waals surface area contributed by atoms with Crippen molar-refractivity contribution in [2.45, 2.75) is 19.3 Å². The van der Waals surface area contributed by atoms with Gasteiger partial charge in [-0.25, -0.2) is 4.79 Å². The number of hydrogen-bond donors (Lipinski definition) is 1. The van der Waals surface area contributed by atoms with E-state index in [0.29, 0.717) is 5.75 Å². The summed E-state index contributed by atoms with van der Waals surface area (Å²) in [4.78, 5) is 16.1. The maximum absolute atomic E-state index is 11.1. The van der Waals surface area contributed by atoms with Gasteiger partial charge in [0.15, 0.2) is 6.61 Å². The van der Waals surface area contributed by atoms with Gasteiger partial charge in [0.1, 0.15) is 5.75 Å². The lowest BCUT2D eigenvalue weighted by Gasteiger charge is -2.37. The first kappa shape index (κ1) is 19.0. The van der Waals surface area contributed by atoms with E-state index in [0.717, 1.165) is 32.1 Å². The largest absolute Gasteiger partial charge is 0.482 e. The average Bonchev–Trinajstić information content (AvgIpc) is 2.72. The number of methoxy groups -OCH3 is 1. The fraction of sp³-hybridized carbons (Fsp3) is 0.650. The summed E-state index contributed by atoms with van der Waals surface area (Å²) in [6.07, 6.45) is 4.02. The van der Waals surface area contributed by atoms with E-state index >= 15 is 0 Å². The topological polar surface area (TPSA) is 54.0 Å². The minimum atomic E-state index is -0.366. The molecule has 144 valence electrons. The van der Waals surface area contributed by atoms with Crippen molar-refractivity contribution < 1.29 is 14.3 Å². The molecule has 26 heavy (non-hydrogen) atoms. The highest BCUT2D eigenvalue weighted by Gasteiger charge is 2.19. The Morgan fingerprint density at radius 2 is 1.81 bits per heavy atom. The van der Waals surface area contributed by atoms with Crippen LogP contribution in [0.15, 0.2) is 24.3 Å². The molecule has 1 aromatic rings. The van der Waals surface area contributed by atoms with Crippen LogP contribution in [0.25, 0.3) is 0 Å². The van der Waals surface area contributed by atoms with Crippen molar-refractivity contribution in [3.63, 3.8) is 0 Å². The number of ether oxygens (including phenoxy) is 2. The van der Waals surface area contributed by atoms with Crippen LogP contribution in [0.4, 0.5) is 5.69 Å². The number of piperazine rings is 1. The fourth-order valence-corrected chi connectivity index (χ4v) is 3.72. The lowest BCUT2D eigenvalue weighted by Crippen LogP contribution is -2.47. The summed E-state index contributed by atoms with van der Waals surface area (Å²) in [5.74, 6) is 1.24. The number of carbonyl (C=O) groups excluding carboxylic acids is 1. The quantitative estimate of drug-likeness (QED) is 0.747. The monoisotopic (exact) mass is 361 g/mol. The number of esters is 1. The lowest BCUT2D eigenvalue weighted by molar-refractivity contribution is -0.142. The lowest BCUT2D eigenvalue weighted by atomic mass is 9.94. The Morgan fingerprint density at radius 3 is 2.46 bits per heavy atom. The molecule has 2 saturated heterocycles. The Morgan fingerprint density at radius 1 is 1.12 bits per heavy atom. The van der Waals surface area contributed by atoms with Crippen molar-refractivity contribution in [2.75, 3.05) is 64.4 Å². The summed E-state index contributed by atoms with van der Waals surface area (Å²) in [5, 5.41) is 3.44.